The first-order valence-corrected chi connectivity index (χ1v) is 10.9. The third-order valence-electron chi connectivity index (χ3n) is 4.64. The quantitative estimate of drug-likeness (QED) is 0.463. The van der Waals surface area contributed by atoms with E-state index in [-0.39, 0.29) is 10.9 Å². The fourth-order valence-electron chi connectivity index (χ4n) is 3.18. The molecule has 1 aliphatic heterocycles. The molecule has 3 rings (SSSR count). The number of rotatable bonds is 4. The van der Waals surface area contributed by atoms with Gasteiger partial charge in [-0.2, -0.15) is 13.2 Å². The molecule has 2 unspecified atom stereocenters. The van der Waals surface area contributed by atoms with Gasteiger partial charge in [-0.3, -0.25) is 0 Å². The van der Waals surface area contributed by atoms with Gasteiger partial charge in [0.05, 0.1) is 11.7 Å². The van der Waals surface area contributed by atoms with Crippen molar-refractivity contribution in [1.82, 2.24) is 0 Å². The second-order valence-corrected chi connectivity index (χ2v) is 9.73. The van der Waals surface area contributed by atoms with Crippen LogP contribution in [-0.4, -0.2) is 17.6 Å². The maximum absolute atomic E-state index is 13.0. The highest BCUT2D eigenvalue weighted by atomic mass is 35.5. The predicted octanol–water partition coefficient (Wildman–Crippen LogP) is 7.48. The van der Waals surface area contributed by atoms with Crippen LogP contribution in [0.4, 0.5) is 13.2 Å². The number of benzene rings is 2. The first-order chi connectivity index (χ1) is 12.7. The molecular formula is C20H20ClF3OS2. The molecule has 0 aromatic heterocycles. The largest absolute Gasteiger partial charge is 0.416 e. The van der Waals surface area contributed by atoms with Crippen LogP contribution in [0.5, 0.6) is 0 Å². The zero-order chi connectivity index (χ0) is 19.7. The standard InChI is InChI=1S/C20H20ClF3OS2/c1-19(27-15-5-3-4-13(10-15)20(22,23)24)8-9-25-18(12-19)16-11-14(26-2)6-7-17(16)21/h3-7,10-11,18H,8-9,12H2,1-2H3. The van der Waals surface area contributed by atoms with Crippen LogP contribution in [0.3, 0.4) is 0 Å². The summed E-state index contributed by atoms with van der Waals surface area (Å²) in [6.45, 7) is 2.63. The molecule has 0 aliphatic carbocycles. The minimum Gasteiger partial charge on any atom is -0.373 e. The summed E-state index contributed by atoms with van der Waals surface area (Å²) >= 11 is 9.51. The van der Waals surface area contributed by atoms with Crippen molar-refractivity contribution in [3.63, 3.8) is 0 Å². The molecule has 2 atom stereocenters. The Morgan fingerprint density at radius 3 is 2.63 bits per heavy atom. The zero-order valence-corrected chi connectivity index (χ0v) is 17.4. The van der Waals surface area contributed by atoms with Crippen LogP contribution in [0.2, 0.25) is 5.02 Å². The summed E-state index contributed by atoms with van der Waals surface area (Å²) in [4.78, 5) is 1.73. The number of halogens is 4. The highest BCUT2D eigenvalue weighted by molar-refractivity contribution is 8.00. The van der Waals surface area contributed by atoms with Crippen molar-refractivity contribution < 1.29 is 17.9 Å². The fourth-order valence-corrected chi connectivity index (χ4v) is 5.19. The van der Waals surface area contributed by atoms with Crippen molar-refractivity contribution in [3.05, 3.63) is 58.6 Å². The molecule has 0 radical (unpaired) electrons. The molecule has 1 saturated heterocycles. The van der Waals surface area contributed by atoms with Gasteiger partial charge in [-0.05, 0) is 62.4 Å². The van der Waals surface area contributed by atoms with Gasteiger partial charge in [0, 0.05) is 31.7 Å². The van der Waals surface area contributed by atoms with Crippen LogP contribution in [0.1, 0.15) is 37.0 Å². The van der Waals surface area contributed by atoms with Crippen molar-refractivity contribution in [2.24, 2.45) is 0 Å². The smallest absolute Gasteiger partial charge is 0.373 e. The zero-order valence-electron chi connectivity index (χ0n) is 15.0. The van der Waals surface area contributed by atoms with E-state index < -0.39 is 11.7 Å². The Labute approximate surface area is 171 Å². The molecule has 7 heteroatoms. The summed E-state index contributed by atoms with van der Waals surface area (Å²) in [5.41, 5.74) is 0.328. The molecule has 0 spiro atoms. The van der Waals surface area contributed by atoms with Crippen molar-refractivity contribution >= 4 is 35.1 Å². The van der Waals surface area contributed by atoms with Gasteiger partial charge in [-0.25, -0.2) is 0 Å². The summed E-state index contributed by atoms with van der Waals surface area (Å²) in [6, 6.07) is 11.4. The second kappa shape index (κ2) is 8.27. The Morgan fingerprint density at radius 1 is 1.15 bits per heavy atom. The molecule has 2 aromatic rings. The first kappa shape index (κ1) is 20.9. The summed E-state index contributed by atoms with van der Waals surface area (Å²) in [7, 11) is 0. The molecule has 1 nitrogen and oxygen atoms in total. The monoisotopic (exact) mass is 432 g/mol. The van der Waals surface area contributed by atoms with Crippen LogP contribution in [0, 0.1) is 0 Å². The summed E-state index contributed by atoms with van der Waals surface area (Å²) in [5, 5.41) is 0.658. The Kier molecular flexibility index (Phi) is 6.41. The van der Waals surface area contributed by atoms with Crippen LogP contribution < -0.4 is 0 Å². The van der Waals surface area contributed by atoms with Gasteiger partial charge >= 0.3 is 6.18 Å². The average Bonchev–Trinajstić information content (AvgIpc) is 2.61. The number of hydrogen-bond donors (Lipinski definition) is 0. The van der Waals surface area contributed by atoms with Crippen molar-refractivity contribution in [1.29, 1.82) is 0 Å². The van der Waals surface area contributed by atoms with Gasteiger partial charge in [0.15, 0.2) is 0 Å². The second-order valence-electron chi connectivity index (χ2n) is 6.78. The van der Waals surface area contributed by atoms with Gasteiger partial charge < -0.3 is 4.74 Å². The highest BCUT2D eigenvalue weighted by Gasteiger charge is 2.36. The Bertz CT molecular complexity index is 812. The van der Waals surface area contributed by atoms with E-state index in [2.05, 4.69) is 6.92 Å². The number of thioether (sulfide) groups is 2. The van der Waals surface area contributed by atoms with Gasteiger partial charge in [-0.1, -0.05) is 17.7 Å². The fraction of sp³-hybridized carbons (Fsp3) is 0.400. The number of hydrogen-bond acceptors (Lipinski definition) is 3. The number of alkyl halides is 3. The molecule has 0 amide bonds. The summed E-state index contributed by atoms with van der Waals surface area (Å²) in [5.74, 6) is 0. The molecule has 0 N–H and O–H groups in total. The van der Waals surface area contributed by atoms with Gasteiger partial charge in [0.25, 0.3) is 0 Å². The van der Waals surface area contributed by atoms with E-state index in [9.17, 15) is 13.2 Å². The van der Waals surface area contributed by atoms with Gasteiger partial charge in [-0.15, -0.1) is 23.5 Å². The lowest BCUT2D eigenvalue weighted by atomic mass is 9.92. The van der Waals surface area contributed by atoms with Crippen LogP contribution >= 0.6 is 35.1 Å². The van der Waals surface area contributed by atoms with E-state index in [1.165, 1.54) is 23.9 Å². The third kappa shape index (κ3) is 5.17. The summed E-state index contributed by atoms with van der Waals surface area (Å²) < 4.78 is 44.7. The lowest BCUT2D eigenvalue weighted by molar-refractivity contribution is -0.137. The molecule has 27 heavy (non-hydrogen) atoms. The van der Waals surface area contributed by atoms with Gasteiger partial charge in [0.1, 0.15) is 0 Å². The van der Waals surface area contributed by atoms with Crippen LogP contribution in [0.15, 0.2) is 52.3 Å². The Morgan fingerprint density at radius 2 is 1.93 bits per heavy atom. The van der Waals surface area contributed by atoms with E-state index in [1.807, 2.05) is 24.5 Å². The lowest BCUT2D eigenvalue weighted by Gasteiger charge is -2.38. The van der Waals surface area contributed by atoms with Gasteiger partial charge in [0.2, 0.25) is 0 Å². The van der Waals surface area contributed by atoms with E-state index >= 15 is 0 Å². The van der Waals surface area contributed by atoms with E-state index in [0.717, 1.165) is 22.9 Å². The molecule has 0 bridgehead atoms. The Balaban J connectivity index is 1.81. The van der Waals surface area contributed by atoms with E-state index in [1.54, 1.807) is 17.8 Å². The van der Waals surface area contributed by atoms with Crippen LogP contribution in [-0.2, 0) is 10.9 Å². The van der Waals surface area contributed by atoms with E-state index in [4.69, 9.17) is 16.3 Å². The van der Waals surface area contributed by atoms with E-state index in [0.29, 0.717) is 22.9 Å². The molecule has 1 fully saturated rings. The minimum absolute atomic E-state index is 0.165. The first-order valence-electron chi connectivity index (χ1n) is 8.51. The number of ether oxygens (including phenoxy) is 1. The molecule has 0 saturated carbocycles. The van der Waals surface area contributed by atoms with Crippen molar-refractivity contribution in [2.45, 2.75) is 46.6 Å². The van der Waals surface area contributed by atoms with Crippen LogP contribution in [0.25, 0.3) is 0 Å². The molecular weight excluding hydrogens is 413 g/mol. The maximum atomic E-state index is 13.0. The third-order valence-corrected chi connectivity index (χ3v) is 7.07. The molecule has 1 aliphatic rings. The minimum atomic E-state index is -4.33. The molecule has 146 valence electrons. The average molecular weight is 433 g/mol. The summed E-state index contributed by atoms with van der Waals surface area (Å²) in [6.07, 6.45) is -1.04. The maximum Gasteiger partial charge on any atom is 0.416 e. The van der Waals surface area contributed by atoms with Crippen molar-refractivity contribution in [3.8, 4) is 0 Å². The topological polar surface area (TPSA) is 9.23 Å². The predicted molar refractivity (Wildman–Crippen MR) is 107 cm³/mol. The molecule has 2 aromatic carbocycles. The normalized spacial score (nSPS) is 23.4. The SMILES string of the molecule is CSc1ccc(Cl)c(C2CC(C)(Sc3cccc(C(F)(F)F)c3)CCO2)c1. The van der Waals surface area contributed by atoms with Crippen molar-refractivity contribution in [2.75, 3.05) is 12.9 Å². The highest BCUT2D eigenvalue weighted by Crippen LogP contribution is 2.47. The Hall–Kier alpha value is -0.820. The molecule has 1 heterocycles. The lowest BCUT2D eigenvalue weighted by Crippen LogP contribution is -2.32.